The van der Waals surface area contributed by atoms with Crippen molar-refractivity contribution in [3.63, 3.8) is 0 Å². The molecule has 0 bridgehead atoms. The van der Waals surface area contributed by atoms with Gasteiger partial charge in [0.15, 0.2) is 0 Å². The molecule has 0 saturated carbocycles. The average Bonchev–Trinajstić information content (AvgIpc) is 2.89. The first kappa shape index (κ1) is 18.7. The maximum Gasteiger partial charge on any atom is 0.240 e. The summed E-state index contributed by atoms with van der Waals surface area (Å²) in [5, 5.41) is 2.86. The molecule has 0 unspecified atom stereocenters. The molecule has 2 amide bonds. The topological polar surface area (TPSA) is 81.4 Å². The minimum absolute atomic E-state index is 0.159. The zero-order valence-electron chi connectivity index (χ0n) is 14.3. The van der Waals surface area contributed by atoms with Crippen LogP contribution in [0.5, 0.6) is 0 Å². The van der Waals surface area contributed by atoms with Gasteiger partial charge in [-0.1, -0.05) is 33.9 Å². The number of rotatable bonds is 4. The fourth-order valence-electron chi connectivity index (χ4n) is 1.82. The van der Waals surface area contributed by atoms with E-state index in [1.54, 1.807) is 0 Å². The molecule has 1 heterocycles. The molecule has 1 saturated heterocycles. The Morgan fingerprint density at radius 3 is 2.50 bits per heavy atom. The second-order valence-corrected chi connectivity index (χ2v) is 12.4. The number of nitrogens with one attached hydrogen (secondary N) is 1. The van der Waals surface area contributed by atoms with Crippen LogP contribution in [0.2, 0.25) is 18.1 Å². The number of primary amides is 1. The van der Waals surface area contributed by atoms with Crippen LogP contribution in [-0.4, -0.2) is 39.1 Å². The van der Waals surface area contributed by atoms with E-state index in [0.717, 1.165) is 0 Å². The number of carbonyl (C=O) groups is 2. The molecule has 2 atom stereocenters. The summed E-state index contributed by atoms with van der Waals surface area (Å²) in [6.45, 7) is 11.9. The SMILES string of the molecule is CC(C)(C)[Si](C)(C)C#CC[C@@H](NC(=O)[C@@H]1CCOC1)C(N)=O. The summed E-state index contributed by atoms with van der Waals surface area (Å²) in [5.74, 6) is 2.17. The van der Waals surface area contributed by atoms with E-state index in [9.17, 15) is 9.59 Å². The highest BCUT2D eigenvalue weighted by atomic mass is 28.3. The summed E-state index contributed by atoms with van der Waals surface area (Å²) < 4.78 is 5.18. The standard InChI is InChI=1S/C16H28N2O3Si/c1-16(2,3)22(4,5)10-6-7-13(14(17)19)18-15(20)12-8-9-21-11-12/h12-13H,7-9,11H2,1-5H3,(H2,17,19)(H,18,20)/t12-,13-/m1/s1. The van der Waals surface area contributed by atoms with E-state index < -0.39 is 20.0 Å². The van der Waals surface area contributed by atoms with Crippen molar-refractivity contribution >= 4 is 19.9 Å². The molecule has 0 aromatic heterocycles. The van der Waals surface area contributed by atoms with Crippen molar-refractivity contribution in [2.75, 3.05) is 13.2 Å². The van der Waals surface area contributed by atoms with E-state index in [0.29, 0.717) is 19.6 Å². The maximum atomic E-state index is 12.0. The quantitative estimate of drug-likeness (QED) is 0.606. The zero-order chi connectivity index (χ0) is 17.0. The van der Waals surface area contributed by atoms with Gasteiger partial charge in [0.25, 0.3) is 0 Å². The normalized spacial score (nSPS) is 20.0. The molecular formula is C16H28N2O3Si. The van der Waals surface area contributed by atoms with E-state index >= 15 is 0 Å². The largest absolute Gasteiger partial charge is 0.381 e. The van der Waals surface area contributed by atoms with Gasteiger partial charge < -0.3 is 15.8 Å². The first-order valence-electron chi connectivity index (χ1n) is 7.72. The van der Waals surface area contributed by atoms with Gasteiger partial charge in [-0.2, -0.15) is 0 Å². The highest BCUT2D eigenvalue weighted by Crippen LogP contribution is 2.35. The van der Waals surface area contributed by atoms with Crippen LogP contribution in [-0.2, 0) is 14.3 Å². The molecule has 1 fully saturated rings. The molecule has 0 aromatic carbocycles. The Labute approximate surface area is 134 Å². The highest BCUT2D eigenvalue weighted by molar-refractivity contribution is 6.87. The van der Waals surface area contributed by atoms with E-state index in [-0.39, 0.29) is 23.3 Å². The van der Waals surface area contributed by atoms with E-state index in [1.807, 2.05) is 0 Å². The van der Waals surface area contributed by atoms with Crippen molar-refractivity contribution in [3.05, 3.63) is 0 Å². The van der Waals surface area contributed by atoms with Gasteiger partial charge in [0.2, 0.25) is 11.8 Å². The lowest BCUT2D eigenvalue weighted by molar-refractivity contribution is -0.129. The first-order valence-corrected chi connectivity index (χ1v) is 10.7. The van der Waals surface area contributed by atoms with Crippen LogP contribution in [0, 0.1) is 17.4 Å². The molecule has 3 N–H and O–H groups in total. The van der Waals surface area contributed by atoms with Gasteiger partial charge in [-0.15, -0.1) is 11.5 Å². The smallest absolute Gasteiger partial charge is 0.240 e. The summed E-state index contributed by atoms with van der Waals surface area (Å²) in [5.41, 5.74) is 8.71. The molecule has 124 valence electrons. The van der Waals surface area contributed by atoms with Crippen molar-refractivity contribution in [2.45, 2.75) is 57.8 Å². The molecule has 0 aromatic rings. The predicted octanol–water partition coefficient (Wildman–Crippen LogP) is 1.43. The molecule has 5 nitrogen and oxygen atoms in total. The number of amides is 2. The van der Waals surface area contributed by atoms with Crippen LogP contribution in [0.15, 0.2) is 0 Å². The number of hydrogen-bond donors (Lipinski definition) is 2. The van der Waals surface area contributed by atoms with Crippen molar-refractivity contribution in [2.24, 2.45) is 11.7 Å². The number of carbonyl (C=O) groups excluding carboxylic acids is 2. The molecule has 0 spiro atoms. The molecule has 0 aliphatic carbocycles. The van der Waals surface area contributed by atoms with Crippen molar-refractivity contribution < 1.29 is 14.3 Å². The van der Waals surface area contributed by atoms with Gasteiger partial charge >= 0.3 is 0 Å². The zero-order valence-corrected chi connectivity index (χ0v) is 15.3. The van der Waals surface area contributed by atoms with Crippen LogP contribution in [0.1, 0.15) is 33.6 Å². The van der Waals surface area contributed by atoms with Crippen LogP contribution >= 0.6 is 0 Å². The van der Waals surface area contributed by atoms with Crippen LogP contribution in [0.4, 0.5) is 0 Å². The van der Waals surface area contributed by atoms with Crippen LogP contribution in [0.3, 0.4) is 0 Å². The summed E-state index contributed by atoms with van der Waals surface area (Å²) in [4.78, 5) is 23.6. The van der Waals surface area contributed by atoms with Crippen LogP contribution in [0.25, 0.3) is 0 Å². The van der Waals surface area contributed by atoms with Crippen LogP contribution < -0.4 is 11.1 Å². The van der Waals surface area contributed by atoms with Gasteiger partial charge in [0.1, 0.15) is 14.1 Å². The third-order valence-electron chi connectivity index (χ3n) is 4.54. The summed E-state index contributed by atoms with van der Waals surface area (Å²) >= 11 is 0. The molecule has 1 aliphatic rings. The van der Waals surface area contributed by atoms with Crippen molar-refractivity contribution in [3.8, 4) is 11.5 Å². The van der Waals surface area contributed by atoms with Gasteiger partial charge in [0, 0.05) is 13.0 Å². The summed E-state index contributed by atoms with van der Waals surface area (Å²) in [6.07, 6.45) is 0.953. The molecule has 1 aliphatic heterocycles. The Balaban J connectivity index is 2.66. The Bertz CT molecular complexity index is 480. The fraction of sp³-hybridized carbons (Fsp3) is 0.750. The van der Waals surface area contributed by atoms with Crippen molar-refractivity contribution in [1.82, 2.24) is 5.32 Å². The number of nitrogens with two attached hydrogens (primary N) is 1. The minimum atomic E-state index is -1.72. The highest BCUT2D eigenvalue weighted by Gasteiger charge is 2.33. The average molecular weight is 324 g/mol. The first-order chi connectivity index (χ1) is 10.0. The van der Waals surface area contributed by atoms with Crippen molar-refractivity contribution in [1.29, 1.82) is 0 Å². The van der Waals surface area contributed by atoms with E-state index in [4.69, 9.17) is 10.5 Å². The minimum Gasteiger partial charge on any atom is -0.381 e. The van der Waals surface area contributed by atoms with E-state index in [1.165, 1.54) is 0 Å². The number of hydrogen-bond acceptors (Lipinski definition) is 3. The lowest BCUT2D eigenvalue weighted by Crippen LogP contribution is -2.46. The Morgan fingerprint density at radius 2 is 2.05 bits per heavy atom. The predicted molar refractivity (Wildman–Crippen MR) is 89.6 cm³/mol. The molecular weight excluding hydrogens is 296 g/mol. The van der Waals surface area contributed by atoms with Gasteiger partial charge in [-0.25, -0.2) is 0 Å². The lowest BCUT2D eigenvalue weighted by Gasteiger charge is -2.31. The Hall–Kier alpha value is -1.32. The third kappa shape index (κ3) is 5.15. The number of ether oxygens (including phenoxy) is 1. The summed E-state index contributed by atoms with van der Waals surface area (Å²) in [6, 6.07) is -0.731. The van der Waals surface area contributed by atoms with Gasteiger partial charge in [-0.05, 0) is 11.5 Å². The molecule has 22 heavy (non-hydrogen) atoms. The van der Waals surface area contributed by atoms with E-state index in [2.05, 4.69) is 50.6 Å². The Kier molecular flexibility index (Phi) is 6.21. The van der Waals surface area contributed by atoms with Gasteiger partial charge in [-0.3, -0.25) is 9.59 Å². The molecule has 6 heteroatoms. The monoisotopic (exact) mass is 324 g/mol. The molecule has 0 radical (unpaired) electrons. The maximum absolute atomic E-state index is 12.0. The summed E-state index contributed by atoms with van der Waals surface area (Å²) in [7, 11) is -1.72. The molecule has 1 rings (SSSR count). The second-order valence-electron chi connectivity index (χ2n) is 7.40. The Morgan fingerprint density at radius 1 is 1.41 bits per heavy atom. The second kappa shape index (κ2) is 7.29. The third-order valence-corrected chi connectivity index (χ3v) is 9.09. The fourth-order valence-corrected chi connectivity index (χ4v) is 2.73. The van der Waals surface area contributed by atoms with Gasteiger partial charge in [0.05, 0.1) is 12.5 Å². The lowest BCUT2D eigenvalue weighted by atomic mass is 10.1.